The van der Waals surface area contributed by atoms with Crippen LogP contribution in [0.15, 0.2) is 186 Å². The number of benzene rings is 5. The van der Waals surface area contributed by atoms with E-state index in [9.17, 15) is 24.3 Å². The minimum Gasteiger partial charge on any atom is -0.477 e. The van der Waals surface area contributed by atoms with Gasteiger partial charge in [0.1, 0.15) is 28.3 Å². The molecule has 3 heterocycles. The fourth-order valence-electron chi connectivity index (χ4n) is 8.22. The van der Waals surface area contributed by atoms with Crippen molar-refractivity contribution in [3.63, 3.8) is 0 Å². The summed E-state index contributed by atoms with van der Waals surface area (Å²) in [6.07, 6.45) is 5.14. The fraction of sp³-hybridized carbons (Fsp3) is 0.137. The smallest absolute Gasteiger partial charge is 0.352 e. The van der Waals surface area contributed by atoms with Gasteiger partial charge in [-0.15, -0.1) is 29.0 Å². The van der Waals surface area contributed by atoms with Gasteiger partial charge in [0.15, 0.2) is 17.5 Å². The number of aliphatic carboxylic acids is 1. The van der Waals surface area contributed by atoms with E-state index in [-0.39, 0.29) is 17.1 Å². The van der Waals surface area contributed by atoms with Gasteiger partial charge in [-0.2, -0.15) is 0 Å². The number of oxime groups is 1. The Morgan fingerprint density at radius 2 is 1.40 bits per heavy atom. The molecule has 2 aliphatic rings. The molecule has 2 aliphatic heterocycles. The molecule has 8 rings (SSSR count). The van der Waals surface area contributed by atoms with Gasteiger partial charge in [-0.3, -0.25) is 19.3 Å². The standard InChI is InChI=1S/C51H42N6O6S2/c1-2-3-19-30-50(42(34-20-9-4-10-21-34)35-22-11-5-12-23-35)31-40(48(61)62)57-46(60)44(47(57)65-50)54-45(59)43(56-63-32-41(52)58)39-33-64-49(53-39)55-51(36-24-13-6-14-25-36,37-26-15-7-16-27-37)38-28-17-8-18-29-38/h4-31,33,42,44,47H,32H2,1H3,(H2,52,58)(H,53,55)(H,54,59)(H,61,62)/b30-19+,56-43-/t44-,47-,50?/m1/s1. The zero-order valence-electron chi connectivity index (χ0n) is 34.9. The van der Waals surface area contributed by atoms with Crippen LogP contribution in [-0.4, -0.2) is 67.2 Å². The molecule has 12 nitrogen and oxygen atoms in total. The molecule has 324 valence electrons. The minimum atomic E-state index is -1.31. The van der Waals surface area contributed by atoms with Crippen LogP contribution in [0.4, 0.5) is 5.13 Å². The first-order chi connectivity index (χ1) is 31.6. The highest BCUT2D eigenvalue weighted by Crippen LogP contribution is 2.55. The van der Waals surface area contributed by atoms with Crippen molar-refractivity contribution in [2.24, 2.45) is 10.9 Å². The highest BCUT2D eigenvalue weighted by atomic mass is 32.2. The number of fused-ring (bicyclic) bond motifs is 1. The summed E-state index contributed by atoms with van der Waals surface area (Å²) in [6, 6.07) is 47.9. The molecule has 3 atom stereocenters. The number of carbonyl (C=O) groups is 4. The number of hydrogen-bond acceptors (Lipinski definition) is 10. The van der Waals surface area contributed by atoms with Crippen LogP contribution in [0.25, 0.3) is 0 Å². The zero-order chi connectivity index (χ0) is 45.4. The number of nitrogens with zero attached hydrogens (tertiary/aromatic N) is 3. The third-order valence-corrected chi connectivity index (χ3v) is 13.4. The molecule has 14 heteroatoms. The maximum absolute atomic E-state index is 14.5. The number of allylic oxidation sites excluding steroid dienone is 1. The zero-order valence-corrected chi connectivity index (χ0v) is 36.5. The predicted octanol–water partition coefficient (Wildman–Crippen LogP) is 7.27. The molecule has 0 bridgehead atoms. The van der Waals surface area contributed by atoms with Crippen LogP contribution < -0.4 is 16.4 Å². The van der Waals surface area contributed by atoms with Crippen molar-refractivity contribution in [3.8, 4) is 11.8 Å². The van der Waals surface area contributed by atoms with Crippen LogP contribution in [0.5, 0.6) is 0 Å². The van der Waals surface area contributed by atoms with Gasteiger partial charge in [0.2, 0.25) is 0 Å². The van der Waals surface area contributed by atoms with Crippen LogP contribution >= 0.6 is 23.1 Å². The number of nitrogens with one attached hydrogen (secondary N) is 2. The molecular weight excluding hydrogens is 857 g/mol. The lowest BCUT2D eigenvalue weighted by Gasteiger charge is -2.54. The van der Waals surface area contributed by atoms with Crippen molar-refractivity contribution in [3.05, 3.63) is 214 Å². The van der Waals surface area contributed by atoms with E-state index in [1.165, 1.54) is 28.0 Å². The number of thiazole rings is 1. The lowest BCUT2D eigenvalue weighted by Crippen LogP contribution is -2.72. The summed E-state index contributed by atoms with van der Waals surface area (Å²) in [5.74, 6) is 1.78. The third-order valence-electron chi connectivity index (χ3n) is 11.0. The quantitative estimate of drug-likeness (QED) is 0.0256. The number of thioether (sulfide) groups is 1. The van der Waals surface area contributed by atoms with Crippen LogP contribution in [0.1, 0.15) is 46.4 Å². The molecule has 0 aliphatic carbocycles. The fourth-order valence-corrected chi connectivity index (χ4v) is 10.8. The van der Waals surface area contributed by atoms with Crippen LogP contribution in [-0.2, 0) is 29.6 Å². The second-order valence-electron chi connectivity index (χ2n) is 15.0. The summed E-state index contributed by atoms with van der Waals surface area (Å²) in [4.78, 5) is 64.7. The van der Waals surface area contributed by atoms with Gasteiger partial charge in [-0.05, 0) is 46.9 Å². The van der Waals surface area contributed by atoms with E-state index < -0.39 is 57.9 Å². The van der Waals surface area contributed by atoms with Gasteiger partial charge in [-0.1, -0.05) is 169 Å². The molecule has 6 aromatic rings. The van der Waals surface area contributed by atoms with Gasteiger partial charge < -0.3 is 26.3 Å². The van der Waals surface area contributed by atoms with Crippen molar-refractivity contribution >= 4 is 57.6 Å². The molecule has 0 saturated carbocycles. The Morgan fingerprint density at radius 1 is 0.877 bits per heavy atom. The Bertz CT molecular complexity index is 2710. The first kappa shape index (κ1) is 43.9. The van der Waals surface area contributed by atoms with Crippen LogP contribution in [0.3, 0.4) is 0 Å². The topological polar surface area (TPSA) is 176 Å². The molecule has 1 unspecified atom stereocenters. The summed E-state index contributed by atoms with van der Waals surface area (Å²) in [7, 11) is 0. The Kier molecular flexibility index (Phi) is 13.1. The number of primary amides is 1. The molecular formula is C51H42N6O6S2. The second-order valence-corrected chi connectivity index (χ2v) is 17.3. The monoisotopic (exact) mass is 898 g/mol. The van der Waals surface area contributed by atoms with Crippen molar-refractivity contribution < 1.29 is 29.1 Å². The van der Waals surface area contributed by atoms with E-state index in [1.54, 1.807) is 24.5 Å². The van der Waals surface area contributed by atoms with E-state index >= 15 is 0 Å². The molecule has 5 N–H and O–H groups in total. The average Bonchev–Trinajstić information content (AvgIpc) is 3.80. The molecule has 1 fully saturated rings. The number of rotatable bonds is 16. The first-order valence-corrected chi connectivity index (χ1v) is 22.3. The number of nitrogens with two attached hydrogens (primary N) is 1. The number of amides is 3. The Labute approximate surface area is 383 Å². The maximum atomic E-state index is 14.5. The van der Waals surface area contributed by atoms with E-state index in [1.807, 2.05) is 158 Å². The summed E-state index contributed by atoms with van der Waals surface area (Å²) < 4.78 is -1.12. The molecule has 65 heavy (non-hydrogen) atoms. The summed E-state index contributed by atoms with van der Waals surface area (Å²) >= 11 is 2.54. The summed E-state index contributed by atoms with van der Waals surface area (Å²) in [5, 5.41) is 22.3. The van der Waals surface area contributed by atoms with Gasteiger partial charge in [0, 0.05) is 11.3 Å². The molecule has 3 amide bonds. The largest absolute Gasteiger partial charge is 0.477 e. The third kappa shape index (κ3) is 8.92. The summed E-state index contributed by atoms with van der Waals surface area (Å²) in [6.45, 7) is 1.07. The molecule has 1 saturated heterocycles. The van der Waals surface area contributed by atoms with Gasteiger partial charge in [-0.25, -0.2) is 9.78 Å². The van der Waals surface area contributed by atoms with Crippen molar-refractivity contribution in [2.75, 3.05) is 11.9 Å². The van der Waals surface area contributed by atoms with E-state index in [4.69, 9.17) is 15.6 Å². The lowest BCUT2D eigenvalue weighted by atomic mass is 9.77. The lowest BCUT2D eigenvalue weighted by molar-refractivity contribution is -0.150. The molecule has 0 spiro atoms. The Morgan fingerprint density at radius 3 is 1.89 bits per heavy atom. The Balaban J connectivity index is 1.16. The minimum absolute atomic E-state index is 0.0808. The highest BCUT2D eigenvalue weighted by molar-refractivity contribution is 8.01. The van der Waals surface area contributed by atoms with Crippen LogP contribution in [0, 0.1) is 11.8 Å². The van der Waals surface area contributed by atoms with Crippen molar-refractivity contribution in [1.82, 2.24) is 15.2 Å². The van der Waals surface area contributed by atoms with Crippen molar-refractivity contribution in [2.45, 2.75) is 34.5 Å². The normalized spacial score (nSPS) is 18.1. The second kappa shape index (κ2) is 19.3. The number of hydrogen-bond donors (Lipinski definition) is 4. The van der Waals surface area contributed by atoms with Gasteiger partial charge in [0.05, 0.1) is 4.75 Å². The van der Waals surface area contributed by atoms with E-state index in [0.29, 0.717) is 5.13 Å². The molecule has 0 radical (unpaired) electrons. The Hall–Kier alpha value is -7.73. The number of carboxylic acids is 1. The number of anilines is 1. The van der Waals surface area contributed by atoms with E-state index in [2.05, 4.69) is 27.6 Å². The van der Waals surface area contributed by atoms with Gasteiger partial charge in [0.25, 0.3) is 17.7 Å². The van der Waals surface area contributed by atoms with E-state index in [0.717, 1.165) is 27.8 Å². The van der Waals surface area contributed by atoms with Crippen LogP contribution in [0.2, 0.25) is 0 Å². The molecule has 5 aromatic carbocycles. The highest BCUT2D eigenvalue weighted by Gasteiger charge is 2.59. The number of carbonyl (C=O) groups excluding carboxylic acids is 3. The SMILES string of the molecule is CC#C/C=C/C1(C(c2ccccc2)c2ccccc2)C=C(C(=O)O)N2C(=O)[C@@H](NC(=O)/C(=N\OCC(N)=O)c3csc(NC(c4ccccc4)(c4ccccc4)c4ccccc4)n3)[C@H]2S1. The first-order valence-electron chi connectivity index (χ1n) is 20.5. The number of β-lactam (4-membered cyclic amide) rings is 1. The van der Waals surface area contributed by atoms with Gasteiger partial charge >= 0.3 is 5.97 Å². The summed E-state index contributed by atoms with van der Waals surface area (Å²) in [5.41, 5.74) is 8.50. The number of carboxylic acid groups (broad SMARTS) is 1. The average molecular weight is 899 g/mol. The number of aromatic nitrogens is 1. The maximum Gasteiger partial charge on any atom is 0.352 e. The predicted molar refractivity (Wildman–Crippen MR) is 253 cm³/mol. The van der Waals surface area contributed by atoms with Crippen molar-refractivity contribution in [1.29, 1.82) is 0 Å². The molecule has 1 aromatic heterocycles.